The van der Waals surface area contributed by atoms with E-state index in [1.807, 2.05) is 0 Å². The van der Waals surface area contributed by atoms with Crippen LogP contribution in [0.5, 0.6) is 0 Å². The molecule has 86 valence electrons. The van der Waals surface area contributed by atoms with Crippen molar-refractivity contribution in [1.82, 2.24) is 5.32 Å². The molecule has 1 amide bonds. The Bertz CT molecular complexity index is 410. The molecule has 1 saturated heterocycles. The lowest BCUT2D eigenvalue weighted by molar-refractivity contribution is -0.119. The van der Waals surface area contributed by atoms with E-state index >= 15 is 0 Å². The van der Waals surface area contributed by atoms with Crippen LogP contribution in [0.3, 0.4) is 0 Å². The maximum Gasteiger partial charge on any atom is 0.220 e. The Labute approximate surface area is 90.5 Å². The zero-order valence-electron chi connectivity index (χ0n) is 8.40. The molecule has 0 bridgehead atoms. The predicted octanol–water partition coefficient (Wildman–Crippen LogP) is 1.92. The van der Waals surface area contributed by atoms with Gasteiger partial charge in [-0.15, -0.1) is 0 Å². The van der Waals surface area contributed by atoms with E-state index in [1.54, 1.807) is 0 Å². The topological polar surface area (TPSA) is 29.1 Å². The third-order valence-corrected chi connectivity index (χ3v) is 2.61. The monoisotopic (exact) mass is 229 g/mol. The summed E-state index contributed by atoms with van der Waals surface area (Å²) in [5, 5.41) is 2.68. The molecule has 1 heterocycles. The summed E-state index contributed by atoms with van der Waals surface area (Å²) < 4.78 is 38.4. The number of hydrogen-bond acceptors (Lipinski definition) is 1. The molecule has 0 spiro atoms. The van der Waals surface area contributed by atoms with Gasteiger partial charge < -0.3 is 5.32 Å². The van der Waals surface area contributed by atoms with Gasteiger partial charge in [0, 0.05) is 12.5 Å². The molecule has 1 aliphatic rings. The zero-order chi connectivity index (χ0) is 11.7. The molecule has 1 atom stereocenters. The number of amides is 1. The van der Waals surface area contributed by atoms with Crippen LogP contribution in [0.4, 0.5) is 13.2 Å². The van der Waals surface area contributed by atoms with Crippen molar-refractivity contribution in [3.05, 3.63) is 35.1 Å². The highest BCUT2D eigenvalue weighted by Gasteiger charge is 2.21. The largest absolute Gasteiger partial charge is 0.353 e. The zero-order valence-corrected chi connectivity index (χ0v) is 8.40. The Morgan fingerprint density at radius 1 is 1.25 bits per heavy atom. The van der Waals surface area contributed by atoms with Gasteiger partial charge >= 0.3 is 0 Å². The summed E-state index contributed by atoms with van der Waals surface area (Å²) in [6.07, 6.45) is 1.39. The van der Waals surface area contributed by atoms with Crippen LogP contribution < -0.4 is 5.32 Å². The van der Waals surface area contributed by atoms with Crippen molar-refractivity contribution < 1.29 is 18.0 Å². The Hall–Kier alpha value is -1.52. The standard InChI is InChI=1S/C11H10F3NO/c12-8-4-6(5-9(13)11(8)14)3-7-1-2-10(16)15-7/h4-5,7H,1-3H2,(H,15,16). The maximum atomic E-state index is 12.9. The van der Waals surface area contributed by atoms with E-state index < -0.39 is 17.5 Å². The number of nitrogens with one attached hydrogen (secondary N) is 1. The van der Waals surface area contributed by atoms with E-state index in [0.29, 0.717) is 24.8 Å². The molecule has 0 radical (unpaired) electrons. The fourth-order valence-corrected chi connectivity index (χ4v) is 1.84. The Kier molecular flexibility index (Phi) is 2.85. The molecule has 16 heavy (non-hydrogen) atoms. The number of halogens is 3. The minimum atomic E-state index is -1.46. The normalized spacial score (nSPS) is 19.9. The van der Waals surface area contributed by atoms with Crippen LogP contribution in [-0.2, 0) is 11.2 Å². The summed E-state index contributed by atoms with van der Waals surface area (Å²) in [6, 6.07) is 1.81. The minimum absolute atomic E-state index is 0.0620. The minimum Gasteiger partial charge on any atom is -0.353 e. The summed E-state index contributed by atoms with van der Waals surface area (Å²) >= 11 is 0. The van der Waals surface area contributed by atoms with E-state index in [-0.39, 0.29) is 11.9 Å². The van der Waals surface area contributed by atoms with Gasteiger partial charge in [0.2, 0.25) is 5.91 Å². The molecule has 1 unspecified atom stereocenters. The van der Waals surface area contributed by atoms with E-state index in [0.717, 1.165) is 12.1 Å². The van der Waals surface area contributed by atoms with Crippen LogP contribution in [0.1, 0.15) is 18.4 Å². The number of carbonyl (C=O) groups excluding carboxylic acids is 1. The fourth-order valence-electron chi connectivity index (χ4n) is 1.84. The average Bonchev–Trinajstić information content (AvgIpc) is 2.60. The molecule has 0 aliphatic carbocycles. The lowest BCUT2D eigenvalue weighted by Gasteiger charge is -2.10. The van der Waals surface area contributed by atoms with Crippen molar-refractivity contribution in [2.75, 3.05) is 0 Å². The van der Waals surface area contributed by atoms with Gasteiger partial charge in [-0.3, -0.25) is 4.79 Å². The Morgan fingerprint density at radius 3 is 2.38 bits per heavy atom. The van der Waals surface area contributed by atoms with E-state index in [4.69, 9.17) is 0 Å². The molecule has 1 N–H and O–H groups in total. The van der Waals surface area contributed by atoms with Gasteiger partial charge in [0.05, 0.1) is 0 Å². The molecule has 2 rings (SSSR count). The second-order valence-electron chi connectivity index (χ2n) is 3.88. The summed E-state index contributed by atoms with van der Waals surface area (Å²) in [5.41, 5.74) is 0.351. The lowest BCUT2D eigenvalue weighted by atomic mass is 10.0. The van der Waals surface area contributed by atoms with Gasteiger partial charge in [-0.1, -0.05) is 0 Å². The van der Waals surface area contributed by atoms with Gasteiger partial charge in [-0.05, 0) is 30.5 Å². The number of carbonyl (C=O) groups is 1. The molecule has 1 aromatic rings. The molecule has 0 saturated carbocycles. The first kappa shape index (κ1) is 11.0. The maximum absolute atomic E-state index is 12.9. The van der Waals surface area contributed by atoms with Crippen LogP contribution >= 0.6 is 0 Å². The van der Waals surface area contributed by atoms with E-state index in [2.05, 4.69) is 5.32 Å². The molecule has 1 aromatic carbocycles. The molecular weight excluding hydrogens is 219 g/mol. The lowest BCUT2D eigenvalue weighted by Crippen LogP contribution is -2.27. The highest BCUT2D eigenvalue weighted by Crippen LogP contribution is 2.17. The summed E-state index contributed by atoms with van der Waals surface area (Å²) in [6.45, 7) is 0. The first-order valence-corrected chi connectivity index (χ1v) is 4.99. The van der Waals surface area contributed by atoms with Crippen molar-refractivity contribution >= 4 is 5.91 Å². The van der Waals surface area contributed by atoms with Crippen molar-refractivity contribution in [1.29, 1.82) is 0 Å². The smallest absolute Gasteiger partial charge is 0.220 e. The highest BCUT2D eigenvalue weighted by molar-refractivity contribution is 5.78. The van der Waals surface area contributed by atoms with Crippen molar-refractivity contribution in [3.63, 3.8) is 0 Å². The van der Waals surface area contributed by atoms with Gasteiger partial charge in [0.1, 0.15) is 0 Å². The molecule has 0 aromatic heterocycles. The van der Waals surface area contributed by atoms with Crippen molar-refractivity contribution in [3.8, 4) is 0 Å². The van der Waals surface area contributed by atoms with Gasteiger partial charge in [0.15, 0.2) is 17.5 Å². The molecular formula is C11H10F3NO. The van der Waals surface area contributed by atoms with Gasteiger partial charge in [-0.25, -0.2) is 13.2 Å². The Balaban J connectivity index is 2.13. The van der Waals surface area contributed by atoms with Crippen LogP contribution in [0, 0.1) is 17.5 Å². The summed E-state index contributed by atoms with van der Waals surface area (Å²) in [7, 11) is 0. The summed E-state index contributed by atoms with van der Waals surface area (Å²) in [5.74, 6) is -3.91. The van der Waals surface area contributed by atoms with Crippen LogP contribution in [-0.4, -0.2) is 11.9 Å². The van der Waals surface area contributed by atoms with Crippen LogP contribution in [0.25, 0.3) is 0 Å². The predicted molar refractivity (Wildman–Crippen MR) is 51.2 cm³/mol. The van der Waals surface area contributed by atoms with Crippen LogP contribution in [0.15, 0.2) is 12.1 Å². The van der Waals surface area contributed by atoms with Crippen molar-refractivity contribution in [2.45, 2.75) is 25.3 Å². The molecule has 1 fully saturated rings. The second-order valence-corrected chi connectivity index (χ2v) is 3.88. The first-order chi connectivity index (χ1) is 7.56. The first-order valence-electron chi connectivity index (χ1n) is 4.99. The number of rotatable bonds is 2. The SMILES string of the molecule is O=C1CCC(Cc2cc(F)c(F)c(F)c2)N1. The summed E-state index contributed by atoms with van der Waals surface area (Å²) in [4.78, 5) is 10.9. The molecule has 2 nitrogen and oxygen atoms in total. The number of benzene rings is 1. The van der Waals surface area contributed by atoms with Crippen LogP contribution in [0.2, 0.25) is 0 Å². The fraction of sp³-hybridized carbons (Fsp3) is 0.364. The third-order valence-electron chi connectivity index (χ3n) is 2.61. The molecule has 1 aliphatic heterocycles. The third kappa shape index (κ3) is 2.18. The second kappa shape index (κ2) is 4.15. The van der Waals surface area contributed by atoms with E-state index in [1.165, 1.54) is 0 Å². The number of hydrogen-bond donors (Lipinski definition) is 1. The van der Waals surface area contributed by atoms with E-state index in [9.17, 15) is 18.0 Å². The van der Waals surface area contributed by atoms with Gasteiger partial charge in [0.25, 0.3) is 0 Å². The Morgan fingerprint density at radius 2 is 1.88 bits per heavy atom. The highest BCUT2D eigenvalue weighted by atomic mass is 19.2. The quantitative estimate of drug-likeness (QED) is 0.771. The van der Waals surface area contributed by atoms with Crippen molar-refractivity contribution in [2.24, 2.45) is 0 Å². The molecule has 5 heteroatoms. The van der Waals surface area contributed by atoms with Gasteiger partial charge in [-0.2, -0.15) is 0 Å². The average molecular weight is 229 g/mol.